The summed E-state index contributed by atoms with van der Waals surface area (Å²) < 4.78 is 0. The zero-order valence-corrected chi connectivity index (χ0v) is 12.5. The lowest BCUT2D eigenvalue weighted by Gasteiger charge is -2.24. The van der Waals surface area contributed by atoms with Crippen LogP contribution in [0.3, 0.4) is 0 Å². The number of anilines is 1. The smallest absolute Gasteiger partial charge is 0.238 e. The van der Waals surface area contributed by atoms with Crippen molar-refractivity contribution >= 4 is 23.2 Å². The van der Waals surface area contributed by atoms with Gasteiger partial charge >= 0.3 is 0 Å². The molecule has 1 aromatic rings. The molecule has 0 spiro atoms. The van der Waals surface area contributed by atoms with Crippen LogP contribution < -0.4 is 5.32 Å². The predicted octanol–water partition coefficient (Wildman–Crippen LogP) is 3.32. The third kappa shape index (κ3) is 3.71. The maximum Gasteiger partial charge on any atom is 0.238 e. The molecule has 2 rings (SSSR count). The number of nitrogens with zero attached hydrogens (tertiary/aromatic N) is 1. The second-order valence-electron chi connectivity index (χ2n) is 5.45. The summed E-state index contributed by atoms with van der Waals surface area (Å²) in [6.45, 7) is 4.52. The zero-order chi connectivity index (χ0) is 14.0. The number of rotatable bonds is 5. The minimum absolute atomic E-state index is 0.0142. The Bertz CT molecular complexity index is 471. The fourth-order valence-corrected chi connectivity index (χ4v) is 2.42. The van der Waals surface area contributed by atoms with Crippen LogP contribution in [0, 0.1) is 12.8 Å². The SMILES string of the molecule is Cc1c(Cl)cccc1NC(=O)CN(C)C(C)C1CC1. The average Bonchev–Trinajstić information content (AvgIpc) is 3.18. The van der Waals surface area contributed by atoms with Gasteiger partial charge in [0.05, 0.1) is 6.54 Å². The molecule has 0 aromatic heterocycles. The molecule has 1 saturated carbocycles. The van der Waals surface area contributed by atoms with Gasteiger partial charge in [0.1, 0.15) is 0 Å². The van der Waals surface area contributed by atoms with Crippen molar-refractivity contribution in [3.8, 4) is 0 Å². The Morgan fingerprint density at radius 2 is 2.21 bits per heavy atom. The number of halogens is 1. The van der Waals surface area contributed by atoms with Gasteiger partial charge in [0, 0.05) is 16.8 Å². The van der Waals surface area contributed by atoms with Gasteiger partial charge in [0.15, 0.2) is 0 Å². The third-order valence-corrected chi connectivity index (χ3v) is 4.34. The molecule has 1 N–H and O–H groups in total. The second-order valence-corrected chi connectivity index (χ2v) is 5.86. The molecule has 0 aliphatic heterocycles. The number of nitrogens with one attached hydrogen (secondary N) is 1. The fourth-order valence-electron chi connectivity index (χ4n) is 2.24. The van der Waals surface area contributed by atoms with E-state index in [2.05, 4.69) is 17.1 Å². The summed E-state index contributed by atoms with van der Waals surface area (Å²) in [5, 5.41) is 3.61. The predicted molar refractivity (Wildman–Crippen MR) is 79.6 cm³/mol. The van der Waals surface area contributed by atoms with Crippen molar-refractivity contribution in [3.63, 3.8) is 0 Å². The van der Waals surface area contributed by atoms with Crippen molar-refractivity contribution in [1.82, 2.24) is 4.90 Å². The molecule has 0 heterocycles. The molecule has 0 radical (unpaired) electrons. The van der Waals surface area contributed by atoms with Gasteiger partial charge in [0.2, 0.25) is 5.91 Å². The van der Waals surface area contributed by atoms with E-state index in [0.29, 0.717) is 17.6 Å². The summed E-state index contributed by atoms with van der Waals surface area (Å²) in [6.07, 6.45) is 2.58. The number of benzene rings is 1. The molecule has 19 heavy (non-hydrogen) atoms. The van der Waals surface area contributed by atoms with Crippen molar-refractivity contribution < 1.29 is 4.79 Å². The largest absolute Gasteiger partial charge is 0.325 e. The van der Waals surface area contributed by atoms with E-state index in [1.165, 1.54) is 12.8 Å². The molecule has 1 fully saturated rings. The van der Waals surface area contributed by atoms with Gasteiger partial charge in [-0.25, -0.2) is 0 Å². The summed E-state index contributed by atoms with van der Waals surface area (Å²) in [6, 6.07) is 6.03. The van der Waals surface area contributed by atoms with Crippen LogP contribution in [0.4, 0.5) is 5.69 Å². The molecule has 0 saturated heterocycles. The van der Waals surface area contributed by atoms with Crippen LogP contribution >= 0.6 is 11.6 Å². The third-order valence-electron chi connectivity index (χ3n) is 3.93. The second kappa shape index (κ2) is 5.93. The molecule has 104 valence electrons. The van der Waals surface area contributed by atoms with E-state index in [9.17, 15) is 4.79 Å². The van der Waals surface area contributed by atoms with Gasteiger partial charge < -0.3 is 5.32 Å². The number of hydrogen-bond acceptors (Lipinski definition) is 2. The Balaban J connectivity index is 1.91. The van der Waals surface area contributed by atoms with E-state index in [1.807, 2.05) is 32.2 Å². The Morgan fingerprint density at radius 3 is 2.84 bits per heavy atom. The average molecular weight is 281 g/mol. The molecule has 1 aliphatic rings. The normalized spacial score (nSPS) is 16.5. The van der Waals surface area contributed by atoms with Gasteiger partial charge in [-0.15, -0.1) is 0 Å². The fraction of sp³-hybridized carbons (Fsp3) is 0.533. The maximum absolute atomic E-state index is 12.0. The maximum atomic E-state index is 12.0. The van der Waals surface area contributed by atoms with Crippen LogP contribution in [0.25, 0.3) is 0 Å². The molecule has 1 aliphatic carbocycles. The molecule has 1 aromatic carbocycles. The minimum Gasteiger partial charge on any atom is -0.325 e. The molecular formula is C15H21ClN2O. The van der Waals surface area contributed by atoms with Gasteiger partial charge in [-0.1, -0.05) is 17.7 Å². The number of carbonyl (C=O) groups excluding carboxylic acids is 1. The lowest BCUT2D eigenvalue weighted by Crippen LogP contribution is -2.37. The van der Waals surface area contributed by atoms with Crippen LogP contribution in [0.15, 0.2) is 18.2 Å². The first kappa shape index (κ1) is 14.4. The Kier molecular flexibility index (Phi) is 4.48. The first-order chi connectivity index (χ1) is 8.99. The highest BCUT2D eigenvalue weighted by Gasteiger charge is 2.30. The minimum atomic E-state index is 0.0142. The highest BCUT2D eigenvalue weighted by Crippen LogP contribution is 2.34. The van der Waals surface area contributed by atoms with E-state index in [4.69, 9.17) is 11.6 Å². The topological polar surface area (TPSA) is 32.3 Å². The van der Waals surface area contributed by atoms with Gasteiger partial charge in [-0.05, 0) is 57.4 Å². The number of amides is 1. The van der Waals surface area contributed by atoms with Crippen LogP contribution in [0.5, 0.6) is 0 Å². The van der Waals surface area contributed by atoms with Crippen LogP contribution in [0.1, 0.15) is 25.3 Å². The lowest BCUT2D eigenvalue weighted by atomic mass is 10.2. The van der Waals surface area contributed by atoms with E-state index < -0.39 is 0 Å². The summed E-state index contributed by atoms with van der Waals surface area (Å²) >= 11 is 6.04. The monoisotopic (exact) mass is 280 g/mol. The molecule has 1 atom stereocenters. The van der Waals surface area contributed by atoms with E-state index in [-0.39, 0.29) is 5.91 Å². The van der Waals surface area contributed by atoms with E-state index in [1.54, 1.807) is 0 Å². The molecule has 3 nitrogen and oxygen atoms in total. The van der Waals surface area contributed by atoms with Crippen molar-refractivity contribution in [2.45, 2.75) is 32.7 Å². The van der Waals surface area contributed by atoms with Crippen LogP contribution in [-0.2, 0) is 4.79 Å². The molecule has 0 bridgehead atoms. The van der Waals surface area contributed by atoms with Crippen molar-refractivity contribution in [1.29, 1.82) is 0 Å². The van der Waals surface area contributed by atoms with Crippen molar-refractivity contribution in [3.05, 3.63) is 28.8 Å². The molecule has 1 amide bonds. The van der Waals surface area contributed by atoms with Crippen molar-refractivity contribution in [2.24, 2.45) is 5.92 Å². The summed E-state index contributed by atoms with van der Waals surface area (Å²) in [7, 11) is 2.01. The highest BCUT2D eigenvalue weighted by atomic mass is 35.5. The van der Waals surface area contributed by atoms with Gasteiger partial charge in [0.25, 0.3) is 0 Å². The summed E-state index contributed by atoms with van der Waals surface area (Å²) in [5.41, 5.74) is 1.71. The Hall–Kier alpha value is -1.06. The van der Waals surface area contributed by atoms with Crippen molar-refractivity contribution in [2.75, 3.05) is 18.9 Å². The molecular weight excluding hydrogens is 260 g/mol. The molecule has 4 heteroatoms. The number of hydrogen-bond donors (Lipinski definition) is 1. The van der Waals surface area contributed by atoms with Gasteiger partial charge in [-0.2, -0.15) is 0 Å². The van der Waals surface area contributed by atoms with E-state index in [0.717, 1.165) is 17.2 Å². The standard InChI is InChI=1S/C15H21ClN2O/c1-10-13(16)5-4-6-14(10)17-15(19)9-18(3)11(2)12-7-8-12/h4-6,11-12H,7-9H2,1-3H3,(H,17,19). The molecule has 1 unspecified atom stereocenters. The first-order valence-corrected chi connectivity index (χ1v) is 7.12. The first-order valence-electron chi connectivity index (χ1n) is 6.74. The van der Waals surface area contributed by atoms with Gasteiger partial charge in [-0.3, -0.25) is 9.69 Å². The lowest BCUT2D eigenvalue weighted by molar-refractivity contribution is -0.117. The van der Waals surface area contributed by atoms with E-state index >= 15 is 0 Å². The highest BCUT2D eigenvalue weighted by molar-refractivity contribution is 6.31. The zero-order valence-electron chi connectivity index (χ0n) is 11.7. The quantitative estimate of drug-likeness (QED) is 0.897. The van der Waals surface area contributed by atoms with Crippen LogP contribution in [-0.4, -0.2) is 30.4 Å². The van der Waals surface area contributed by atoms with Crippen LogP contribution in [0.2, 0.25) is 5.02 Å². The summed E-state index contributed by atoms with van der Waals surface area (Å²) in [4.78, 5) is 14.2. The Morgan fingerprint density at radius 1 is 1.53 bits per heavy atom. The number of carbonyl (C=O) groups is 1. The Labute approximate surface area is 119 Å². The summed E-state index contributed by atoms with van der Waals surface area (Å²) in [5.74, 6) is 0.783. The number of likely N-dealkylation sites (N-methyl/N-ethyl adjacent to an activating group) is 1.